The van der Waals surface area contributed by atoms with E-state index in [4.69, 9.17) is 13.7 Å². The minimum absolute atomic E-state index is 0.136. The fraction of sp³-hybridized carbons (Fsp3) is 0.833. The predicted molar refractivity (Wildman–Crippen MR) is 74.6 cm³/mol. The smallest absolute Gasteiger partial charge is 0.417 e. The van der Waals surface area contributed by atoms with E-state index in [1.54, 1.807) is 0 Å². The summed E-state index contributed by atoms with van der Waals surface area (Å²) in [5.41, 5.74) is 0. The Balaban J connectivity index is 2.19. The number of hydrogen-bond acceptors (Lipinski definition) is 3. The second kappa shape index (κ2) is 6.18. The van der Waals surface area contributed by atoms with Crippen molar-refractivity contribution in [1.82, 2.24) is 0 Å². The molecule has 1 fully saturated rings. The topological polar surface area (TPSA) is 27.7 Å². The van der Waals surface area contributed by atoms with Gasteiger partial charge in [0.2, 0.25) is 0 Å². The Labute approximate surface area is 107 Å². The van der Waals surface area contributed by atoms with Gasteiger partial charge in [-0.05, 0) is 24.6 Å². The summed E-state index contributed by atoms with van der Waals surface area (Å²) in [4.78, 5) is 0. The maximum absolute atomic E-state index is 6.06. The zero-order valence-electron chi connectivity index (χ0n) is 11.8. The molecule has 17 heavy (non-hydrogen) atoms. The summed E-state index contributed by atoms with van der Waals surface area (Å²) in [5.74, 6) is 1.97. The molecule has 3 nitrogen and oxygen atoms in total. The van der Waals surface area contributed by atoms with Crippen molar-refractivity contribution >= 4 is 15.4 Å². The van der Waals surface area contributed by atoms with Gasteiger partial charge >= 0.3 is 7.12 Å². The van der Waals surface area contributed by atoms with Gasteiger partial charge in [-0.1, -0.05) is 32.8 Å². The monoisotopic (exact) mass is 256 g/mol. The van der Waals surface area contributed by atoms with Crippen LogP contribution in [0.3, 0.4) is 0 Å². The fourth-order valence-corrected chi connectivity index (χ4v) is 2.35. The second-order valence-electron chi connectivity index (χ2n) is 5.94. The largest absolute Gasteiger partial charge is 0.485 e. The average Bonchev–Trinajstić information content (AvgIpc) is 2.68. The van der Waals surface area contributed by atoms with Crippen molar-refractivity contribution in [1.29, 1.82) is 0 Å². The van der Waals surface area contributed by atoms with Crippen LogP contribution in [0.2, 0.25) is 18.1 Å². The van der Waals surface area contributed by atoms with E-state index < -0.39 is 8.32 Å². The van der Waals surface area contributed by atoms with E-state index in [-0.39, 0.29) is 12.2 Å². The molecule has 0 bridgehead atoms. The van der Waals surface area contributed by atoms with Crippen LogP contribution in [0.25, 0.3) is 0 Å². The molecule has 1 aliphatic rings. The Morgan fingerprint density at radius 3 is 2.35 bits per heavy atom. The number of rotatable bonds is 5. The highest BCUT2D eigenvalue weighted by atomic mass is 28.4. The third-order valence-corrected chi connectivity index (χ3v) is 8.03. The molecule has 1 saturated heterocycles. The lowest BCUT2D eigenvalue weighted by atomic mass is 9.90. The summed E-state index contributed by atoms with van der Waals surface area (Å²) in [6.45, 7) is 13.5. The van der Waals surface area contributed by atoms with Crippen molar-refractivity contribution in [3.05, 3.63) is 12.1 Å². The van der Waals surface area contributed by atoms with Crippen molar-refractivity contribution in [2.24, 2.45) is 0 Å². The molecule has 1 aliphatic heterocycles. The van der Waals surface area contributed by atoms with E-state index in [1.807, 2.05) is 5.98 Å². The lowest BCUT2D eigenvalue weighted by Gasteiger charge is -2.36. The van der Waals surface area contributed by atoms with E-state index >= 15 is 0 Å². The lowest BCUT2D eigenvalue weighted by Crippen LogP contribution is -2.40. The van der Waals surface area contributed by atoms with Gasteiger partial charge in [0.1, 0.15) is 0 Å². The SMILES string of the molecule is CC(C)(C)[Si](C)(C)OCC/C=C\B1OCCO1. The van der Waals surface area contributed by atoms with Crippen LogP contribution in [0.4, 0.5) is 0 Å². The van der Waals surface area contributed by atoms with Crippen molar-refractivity contribution in [2.75, 3.05) is 19.8 Å². The Kier molecular flexibility index (Phi) is 5.44. The first-order chi connectivity index (χ1) is 7.83. The molecule has 0 aliphatic carbocycles. The highest BCUT2D eigenvalue weighted by molar-refractivity contribution is 6.74. The summed E-state index contributed by atoms with van der Waals surface area (Å²) in [7, 11) is -1.72. The van der Waals surface area contributed by atoms with Gasteiger partial charge in [0, 0.05) is 6.61 Å². The molecule has 1 rings (SSSR count). The van der Waals surface area contributed by atoms with E-state index in [0.717, 1.165) is 13.0 Å². The Morgan fingerprint density at radius 2 is 1.82 bits per heavy atom. The van der Waals surface area contributed by atoms with Crippen molar-refractivity contribution in [3.8, 4) is 0 Å². The van der Waals surface area contributed by atoms with Crippen molar-refractivity contribution in [2.45, 2.75) is 45.3 Å². The van der Waals surface area contributed by atoms with Gasteiger partial charge in [0.05, 0.1) is 13.2 Å². The van der Waals surface area contributed by atoms with Crippen LogP contribution < -0.4 is 0 Å². The van der Waals surface area contributed by atoms with Gasteiger partial charge in [-0.25, -0.2) is 0 Å². The molecule has 0 aromatic carbocycles. The molecule has 0 aromatic rings. The first-order valence-corrected chi connectivity index (χ1v) is 9.27. The van der Waals surface area contributed by atoms with Crippen LogP contribution in [0.1, 0.15) is 27.2 Å². The van der Waals surface area contributed by atoms with Gasteiger partial charge in [0.25, 0.3) is 0 Å². The van der Waals surface area contributed by atoms with E-state index in [9.17, 15) is 0 Å². The van der Waals surface area contributed by atoms with Crippen LogP contribution in [-0.2, 0) is 13.7 Å². The normalized spacial score (nSPS) is 18.3. The summed E-state index contributed by atoms with van der Waals surface area (Å²) in [6.07, 6.45) is 3.01. The quantitative estimate of drug-likeness (QED) is 0.559. The third kappa shape index (κ3) is 4.96. The van der Waals surface area contributed by atoms with Crippen molar-refractivity contribution in [3.63, 3.8) is 0 Å². The van der Waals surface area contributed by atoms with Crippen LogP contribution in [-0.4, -0.2) is 35.3 Å². The van der Waals surface area contributed by atoms with Crippen molar-refractivity contribution < 1.29 is 13.7 Å². The molecule has 0 saturated carbocycles. The highest BCUT2D eigenvalue weighted by Gasteiger charge is 2.36. The predicted octanol–water partition coefficient (Wildman–Crippen LogP) is 3.03. The van der Waals surface area contributed by atoms with Crippen LogP contribution >= 0.6 is 0 Å². The molecule has 0 atom stereocenters. The van der Waals surface area contributed by atoms with Gasteiger partial charge in [0.15, 0.2) is 8.32 Å². The fourth-order valence-electron chi connectivity index (χ4n) is 1.29. The molecule has 5 heteroatoms. The zero-order valence-corrected chi connectivity index (χ0v) is 12.8. The molecule has 0 radical (unpaired) electrons. The maximum atomic E-state index is 6.06. The Morgan fingerprint density at radius 1 is 1.24 bits per heavy atom. The molecule has 0 aromatic heterocycles. The lowest BCUT2D eigenvalue weighted by molar-refractivity contribution is 0.294. The highest BCUT2D eigenvalue weighted by Crippen LogP contribution is 2.36. The van der Waals surface area contributed by atoms with Gasteiger partial charge in [-0.3, -0.25) is 0 Å². The molecular weight excluding hydrogens is 231 g/mol. The maximum Gasteiger partial charge on any atom is 0.485 e. The molecule has 0 unspecified atom stereocenters. The molecule has 98 valence electrons. The summed E-state index contributed by atoms with van der Waals surface area (Å²) in [5, 5.41) is 0.286. The summed E-state index contributed by atoms with van der Waals surface area (Å²) >= 11 is 0. The second-order valence-corrected chi connectivity index (χ2v) is 10.7. The van der Waals surface area contributed by atoms with Crippen LogP contribution in [0, 0.1) is 0 Å². The molecule has 0 amide bonds. The van der Waals surface area contributed by atoms with Gasteiger partial charge in [-0.15, -0.1) is 0 Å². The van der Waals surface area contributed by atoms with Crippen LogP contribution in [0.15, 0.2) is 12.1 Å². The zero-order chi connectivity index (χ0) is 12.9. The Hall–Kier alpha value is -0.0982. The third-order valence-electron chi connectivity index (χ3n) is 3.49. The Bertz CT molecular complexity index is 255. The summed E-state index contributed by atoms with van der Waals surface area (Å²) < 4.78 is 16.7. The molecular formula is C12H25BO3Si. The van der Waals surface area contributed by atoms with Crippen LogP contribution in [0.5, 0.6) is 0 Å². The molecule has 0 spiro atoms. The van der Waals surface area contributed by atoms with E-state index in [2.05, 4.69) is 39.9 Å². The number of hydrogen-bond donors (Lipinski definition) is 0. The summed E-state index contributed by atoms with van der Waals surface area (Å²) in [6, 6.07) is 0. The standard InChI is InChI=1S/C12H25BO3Si/c1-12(2,3)17(4,5)16-9-7-6-8-13-14-10-11-15-13/h6,8H,7,9-11H2,1-5H3/b8-6-. The average molecular weight is 256 g/mol. The first kappa shape index (κ1) is 15.0. The van der Waals surface area contributed by atoms with E-state index in [0.29, 0.717) is 13.2 Å². The molecule has 0 N–H and O–H groups in total. The van der Waals surface area contributed by atoms with Gasteiger partial charge < -0.3 is 13.7 Å². The minimum Gasteiger partial charge on any atom is -0.417 e. The van der Waals surface area contributed by atoms with E-state index in [1.165, 1.54) is 0 Å². The first-order valence-electron chi connectivity index (χ1n) is 6.37. The van der Waals surface area contributed by atoms with Gasteiger partial charge in [-0.2, -0.15) is 0 Å². The minimum atomic E-state index is -1.58. The molecule has 1 heterocycles.